The highest BCUT2D eigenvalue weighted by atomic mass is 32.2. The Kier molecular flexibility index (Phi) is 7.52. The molecule has 7 heteroatoms. The number of nitrogens with one attached hydrogen (secondary N) is 1. The lowest BCUT2D eigenvalue weighted by Crippen LogP contribution is -2.26. The number of nitrogen functional groups attached to an aromatic ring is 1. The van der Waals surface area contributed by atoms with E-state index in [-0.39, 0.29) is 5.91 Å². The number of hydrogen-bond donors (Lipinski definition) is 2. The van der Waals surface area contributed by atoms with Crippen molar-refractivity contribution in [3.05, 3.63) is 77.0 Å². The van der Waals surface area contributed by atoms with Gasteiger partial charge in [-0.3, -0.25) is 4.79 Å². The molecule has 0 radical (unpaired) electrons. The fourth-order valence-corrected chi connectivity index (χ4v) is 3.84. The fraction of sp³-hybridized carbons (Fsp3) is 0.261. The molecule has 3 aromatic rings. The van der Waals surface area contributed by atoms with Gasteiger partial charge in [0.25, 0.3) is 0 Å². The quantitative estimate of drug-likeness (QED) is 0.517. The zero-order valence-corrected chi connectivity index (χ0v) is 17.8. The lowest BCUT2D eigenvalue weighted by molar-refractivity contribution is -0.118. The molecule has 0 aliphatic rings. The number of hydrogen-bond acceptors (Lipinski definition) is 5. The van der Waals surface area contributed by atoms with Gasteiger partial charge >= 0.3 is 0 Å². The van der Waals surface area contributed by atoms with Gasteiger partial charge in [-0.2, -0.15) is 10.4 Å². The minimum atomic E-state index is 0.0157. The van der Waals surface area contributed by atoms with Crippen LogP contribution in [0.5, 0.6) is 0 Å². The Bertz CT molecular complexity index is 1020. The number of amides is 1. The first kappa shape index (κ1) is 21.5. The van der Waals surface area contributed by atoms with E-state index in [2.05, 4.69) is 47.7 Å². The summed E-state index contributed by atoms with van der Waals surface area (Å²) in [7, 11) is 0. The molecular formula is C23H25N5OS. The number of aryl methyl sites for hydroxylation is 2. The van der Waals surface area contributed by atoms with Gasteiger partial charge < -0.3 is 11.1 Å². The van der Waals surface area contributed by atoms with Crippen LogP contribution in [-0.4, -0.2) is 28.0 Å². The molecule has 1 aromatic heterocycles. The minimum Gasteiger partial charge on any atom is -0.382 e. The predicted octanol–water partition coefficient (Wildman–Crippen LogP) is 3.62. The highest BCUT2D eigenvalue weighted by Crippen LogP contribution is 2.21. The van der Waals surface area contributed by atoms with E-state index in [1.165, 1.54) is 11.1 Å². The van der Waals surface area contributed by atoms with Crippen molar-refractivity contribution in [3.8, 4) is 11.8 Å². The average molecular weight is 420 g/mol. The summed E-state index contributed by atoms with van der Waals surface area (Å²) in [5, 5.41) is 16.9. The maximum atomic E-state index is 12.0. The van der Waals surface area contributed by atoms with E-state index in [0.717, 1.165) is 11.4 Å². The van der Waals surface area contributed by atoms with Gasteiger partial charge in [-0.15, -0.1) is 11.8 Å². The van der Waals surface area contributed by atoms with Gasteiger partial charge in [0.15, 0.2) is 0 Å². The third kappa shape index (κ3) is 5.65. The summed E-state index contributed by atoms with van der Waals surface area (Å²) in [5.74, 6) is 1.60. The van der Waals surface area contributed by atoms with E-state index in [1.54, 1.807) is 16.4 Å². The van der Waals surface area contributed by atoms with E-state index in [9.17, 15) is 10.1 Å². The van der Waals surface area contributed by atoms with Crippen molar-refractivity contribution in [2.24, 2.45) is 0 Å². The second kappa shape index (κ2) is 10.5. The lowest BCUT2D eigenvalue weighted by Gasteiger charge is -2.05. The van der Waals surface area contributed by atoms with Crippen LogP contribution < -0.4 is 11.1 Å². The highest BCUT2D eigenvalue weighted by Gasteiger charge is 2.16. The molecule has 3 rings (SSSR count). The van der Waals surface area contributed by atoms with Crippen LogP contribution in [0.15, 0.2) is 54.6 Å². The average Bonchev–Trinajstić information content (AvgIpc) is 3.08. The lowest BCUT2D eigenvalue weighted by atomic mass is 10.1. The van der Waals surface area contributed by atoms with Crippen LogP contribution in [0, 0.1) is 18.3 Å². The Labute approximate surface area is 181 Å². The molecule has 0 aliphatic heterocycles. The van der Waals surface area contributed by atoms with Crippen LogP contribution in [0.2, 0.25) is 0 Å². The molecule has 0 aliphatic carbocycles. The predicted molar refractivity (Wildman–Crippen MR) is 121 cm³/mol. The second-order valence-electron chi connectivity index (χ2n) is 7.00. The molecule has 0 unspecified atom stereocenters. The highest BCUT2D eigenvalue weighted by molar-refractivity contribution is 7.99. The van der Waals surface area contributed by atoms with Crippen molar-refractivity contribution in [2.45, 2.75) is 25.5 Å². The summed E-state index contributed by atoms with van der Waals surface area (Å²) in [6, 6.07) is 20.0. The van der Waals surface area contributed by atoms with E-state index < -0.39 is 0 Å². The molecule has 0 saturated heterocycles. The third-order valence-corrected chi connectivity index (χ3v) is 5.64. The van der Waals surface area contributed by atoms with Crippen LogP contribution in [0.25, 0.3) is 5.69 Å². The van der Waals surface area contributed by atoms with Gasteiger partial charge in [0.1, 0.15) is 17.5 Å². The molecule has 30 heavy (non-hydrogen) atoms. The van der Waals surface area contributed by atoms with Crippen LogP contribution >= 0.6 is 11.8 Å². The van der Waals surface area contributed by atoms with Gasteiger partial charge in [-0.25, -0.2) is 4.68 Å². The van der Waals surface area contributed by atoms with Crippen LogP contribution in [-0.2, 0) is 17.0 Å². The molecule has 0 saturated carbocycles. The number of benzene rings is 2. The minimum absolute atomic E-state index is 0.0157. The largest absolute Gasteiger partial charge is 0.382 e. The Morgan fingerprint density at radius 2 is 1.93 bits per heavy atom. The van der Waals surface area contributed by atoms with Gasteiger partial charge in [-0.1, -0.05) is 48.0 Å². The first-order chi connectivity index (χ1) is 14.6. The Hall–Kier alpha value is -3.24. The topological polar surface area (TPSA) is 96.7 Å². The van der Waals surface area contributed by atoms with E-state index in [1.807, 2.05) is 30.3 Å². The monoisotopic (exact) mass is 419 g/mol. The maximum Gasteiger partial charge on any atom is 0.230 e. The molecule has 0 spiro atoms. The van der Waals surface area contributed by atoms with Crippen molar-refractivity contribution in [1.82, 2.24) is 15.1 Å². The van der Waals surface area contributed by atoms with Gasteiger partial charge in [0.05, 0.1) is 17.1 Å². The number of nitriles is 1. The zero-order chi connectivity index (χ0) is 21.3. The summed E-state index contributed by atoms with van der Waals surface area (Å²) in [6.07, 6.45) is 1.26. The van der Waals surface area contributed by atoms with Crippen LogP contribution in [0.4, 0.5) is 5.82 Å². The molecule has 1 amide bonds. The summed E-state index contributed by atoms with van der Waals surface area (Å²) < 4.78 is 1.59. The molecule has 0 bridgehead atoms. The molecule has 0 atom stereocenters. The number of para-hydroxylation sites is 1. The summed E-state index contributed by atoms with van der Waals surface area (Å²) in [5.41, 5.74) is 10.4. The van der Waals surface area contributed by atoms with Gasteiger partial charge in [0.2, 0.25) is 5.91 Å². The Morgan fingerprint density at radius 1 is 1.20 bits per heavy atom. The van der Waals surface area contributed by atoms with Crippen molar-refractivity contribution < 1.29 is 4.79 Å². The normalized spacial score (nSPS) is 10.5. The number of rotatable bonds is 9. The first-order valence-corrected chi connectivity index (χ1v) is 11.0. The molecule has 2 aromatic carbocycles. The molecule has 0 fully saturated rings. The number of anilines is 1. The maximum absolute atomic E-state index is 12.0. The number of thioether (sulfide) groups is 1. The molecular weight excluding hydrogens is 394 g/mol. The Balaban J connectivity index is 1.44. The van der Waals surface area contributed by atoms with Crippen molar-refractivity contribution in [2.75, 3.05) is 18.0 Å². The molecule has 1 heterocycles. The van der Waals surface area contributed by atoms with Gasteiger partial charge in [0, 0.05) is 12.3 Å². The fourth-order valence-electron chi connectivity index (χ4n) is 3.02. The second-order valence-corrected chi connectivity index (χ2v) is 7.98. The molecule has 6 nitrogen and oxygen atoms in total. The first-order valence-electron chi connectivity index (χ1n) is 9.81. The molecule has 3 N–H and O–H groups in total. The number of nitrogens with two attached hydrogens (primary N) is 1. The smallest absolute Gasteiger partial charge is 0.230 e. The summed E-state index contributed by atoms with van der Waals surface area (Å²) >= 11 is 1.60. The van der Waals surface area contributed by atoms with Gasteiger partial charge in [-0.05, 0) is 37.5 Å². The zero-order valence-electron chi connectivity index (χ0n) is 17.0. The summed E-state index contributed by atoms with van der Waals surface area (Å²) in [6.45, 7) is 2.59. The van der Waals surface area contributed by atoms with Crippen molar-refractivity contribution >= 4 is 23.5 Å². The van der Waals surface area contributed by atoms with Crippen LogP contribution in [0.3, 0.4) is 0 Å². The third-order valence-electron chi connectivity index (χ3n) is 4.64. The van der Waals surface area contributed by atoms with E-state index in [4.69, 9.17) is 5.73 Å². The SMILES string of the molecule is Cc1ccc(CSCC(=O)NCCCc2nn(-c3ccccc3)c(N)c2C#N)cc1. The number of carbonyl (C=O) groups is 1. The van der Waals surface area contributed by atoms with Crippen molar-refractivity contribution in [3.63, 3.8) is 0 Å². The number of nitrogens with zero attached hydrogens (tertiary/aromatic N) is 3. The Morgan fingerprint density at radius 3 is 2.63 bits per heavy atom. The van der Waals surface area contributed by atoms with E-state index in [0.29, 0.717) is 42.2 Å². The standard InChI is InChI=1S/C23H25N5OS/c1-17-9-11-18(12-10-17)15-30-16-22(29)26-13-5-8-21-20(14-24)23(25)28(27-21)19-6-3-2-4-7-19/h2-4,6-7,9-12H,5,8,13,15-16,25H2,1H3,(H,26,29). The summed E-state index contributed by atoms with van der Waals surface area (Å²) in [4.78, 5) is 12.0. The van der Waals surface area contributed by atoms with E-state index >= 15 is 0 Å². The van der Waals surface area contributed by atoms with Crippen LogP contribution in [0.1, 0.15) is 28.8 Å². The molecule has 154 valence electrons. The van der Waals surface area contributed by atoms with Crippen molar-refractivity contribution in [1.29, 1.82) is 5.26 Å². The number of carbonyl (C=O) groups excluding carboxylic acids is 1. The number of aromatic nitrogens is 2.